The number of nitrogens with zero attached hydrogens (tertiary/aromatic N) is 1. The maximum absolute atomic E-state index is 12.9. The zero-order valence-electron chi connectivity index (χ0n) is 16.0. The number of rotatable bonds is 3. The number of allylic oxidation sites excluding steroid dienone is 1. The van der Waals surface area contributed by atoms with Crippen molar-refractivity contribution in [2.45, 2.75) is 51.0 Å². The fraction of sp³-hybridized carbons (Fsp3) is 0.478. The minimum atomic E-state index is -0.184. The minimum Gasteiger partial charge on any atom is -0.370 e. The van der Waals surface area contributed by atoms with Crippen LogP contribution in [0.5, 0.6) is 0 Å². The SMILES string of the molecule is CC1=CC2(CCN(C(=O)CC3=C(c4ccccc4)CCC3=O)CC2)OCC1. The maximum atomic E-state index is 12.9. The molecule has 1 spiro atoms. The van der Waals surface area contributed by atoms with Gasteiger partial charge in [0.15, 0.2) is 5.78 Å². The van der Waals surface area contributed by atoms with E-state index in [0.717, 1.165) is 49.0 Å². The first kappa shape index (κ1) is 18.2. The molecule has 4 heteroatoms. The smallest absolute Gasteiger partial charge is 0.227 e. The molecule has 1 amide bonds. The van der Waals surface area contributed by atoms with Crippen LogP contribution in [0.25, 0.3) is 5.57 Å². The number of ketones is 1. The van der Waals surface area contributed by atoms with Crippen molar-refractivity contribution in [3.8, 4) is 0 Å². The van der Waals surface area contributed by atoms with E-state index in [4.69, 9.17) is 4.74 Å². The molecule has 1 fully saturated rings. The van der Waals surface area contributed by atoms with Crippen molar-refractivity contribution in [1.29, 1.82) is 0 Å². The molecular formula is C23H27NO3. The monoisotopic (exact) mass is 365 g/mol. The van der Waals surface area contributed by atoms with Gasteiger partial charge in [-0.15, -0.1) is 0 Å². The normalized spacial score (nSPS) is 22.3. The highest BCUT2D eigenvalue weighted by Gasteiger charge is 2.37. The van der Waals surface area contributed by atoms with Crippen molar-refractivity contribution < 1.29 is 14.3 Å². The van der Waals surface area contributed by atoms with E-state index in [1.165, 1.54) is 5.57 Å². The summed E-state index contributed by atoms with van der Waals surface area (Å²) in [5.41, 5.74) is 4.04. The molecular weight excluding hydrogens is 338 g/mol. The molecule has 2 aliphatic heterocycles. The summed E-state index contributed by atoms with van der Waals surface area (Å²) in [7, 11) is 0. The third-order valence-electron chi connectivity index (χ3n) is 6.11. The van der Waals surface area contributed by atoms with Crippen LogP contribution in [-0.2, 0) is 14.3 Å². The third kappa shape index (κ3) is 3.77. The van der Waals surface area contributed by atoms with Gasteiger partial charge in [0, 0.05) is 25.1 Å². The molecule has 0 saturated carbocycles. The van der Waals surface area contributed by atoms with Gasteiger partial charge in [0.1, 0.15) is 0 Å². The molecule has 0 atom stereocenters. The predicted molar refractivity (Wildman–Crippen MR) is 105 cm³/mol. The molecule has 0 unspecified atom stereocenters. The van der Waals surface area contributed by atoms with Gasteiger partial charge in [-0.05, 0) is 43.7 Å². The number of Topliss-reactive ketones (excluding diaryl/α,β-unsaturated/α-hetero) is 1. The number of hydrogen-bond acceptors (Lipinski definition) is 3. The lowest BCUT2D eigenvalue weighted by molar-refractivity contribution is -0.136. The highest BCUT2D eigenvalue weighted by molar-refractivity contribution is 6.10. The molecule has 0 N–H and O–H groups in total. The second-order valence-corrected chi connectivity index (χ2v) is 7.96. The number of hydrogen-bond donors (Lipinski definition) is 0. The van der Waals surface area contributed by atoms with Gasteiger partial charge in [-0.1, -0.05) is 42.0 Å². The minimum absolute atomic E-state index is 0.0695. The maximum Gasteiger partial charge on any atom is 0.227 e. The summed E-state index contributed by atoms with van der Waals surface area (Å²) in [5.74, 6) is 0.199. The van der Waals surface area contributed by atoms with Gasteiger partial charge >= 0.3 is 0 Å². The Balaban J connectivity index is 1.45. The number of ether oxygens (including phenoxy) is 1. The third-order valence-corrected chi connectivity index (χ3v) is 6.11. The van der Waals surface area contributed by atoms with Gasteiger partial charge in [-0.25, -0.2) is 0 Å². The molecule has 1 aliphatic carbocycles. The predicted octanol–water partition coefficient (Wildman–Crippen LogP) is 3.92. The van der Waals surface area contributed by atoms with Crippen molar-refractivity contribution in [3.05, 3.63) is 53.1 Å². The Morgan fingerprint density at radius 3 is 2.56 bits per heavy atom. The largest absolute Gasteiger partial charge is 0.370 e. The van der Waals surface area contributed by atoms with Crippen LogP contribution >= 0.6 is 0 Å². The van der Waals surface area contributed by atoms with Gasteiger partial charge < -0.3 is 9.64 Å². The Bertz CT molecular complexity index is 798. The molecule has 2 heterocycles. The van der Waals surface area contributed by atoms with E-state index < -0.39 is 0 Å². The van der Waals surface area contributed by atoms with Crippen LogP contribution in [0.15, 0.2) is 47.6 Å². The van der Waals surface area contributed by atoms with E-state index >= 15 is 0 Å². The molecule has 142 valence electrons. The summed E-state index contributed by atoms with van der Waals surface area (Å²) < 4.78 is 6.05. The lowest BCUT2D eigenvalue weighted by atomic mass is 9.86. The Hall–Kier alpha value is -2.20. The van der Waals surface area contributed by atoms with Gasteiger partial charge in [0.2, 0.25) is 5.91 Å². The number of carbonyl (C=O) groups is 2. The van der Waals surface area contributed by atoms with Crippen molar-refractivity contribution in [3.63, 3.8) is 0 Å². The van der Waals surface area contributed by atoms with Crippen molar-refractivity contribution >= 4 is 17.3 Å². The Morgan fingerprint density at radius 2 is 1.85 bits per heavy atom. The molecule has 4 rings (SSSR count). The van der Waals surface area contributed by atoms with E-state index in [1.807, 2.05) is 35.2 Å². The van der Waals surface area contributed by atoms with E-state index in [0.29, 0.717) is 19.5 Å². The number of carbonyl (C=O) groups excluding carboxylic acids is 2. The standard InChI is InChI=1S/C23H27NO3/c1-17-9-14-27-23(16-17)10-12-24(13-11-23)22(26)15-20-19(7-8-21(20)25)18-5-3-2-4-6-18/h2-6,16H,7-15H2,1H3. The summed E-state index contributed by atoms with van der Waals surface area (Å²) in [6.07, 6.45) is 6.44. The second kappa shape index (κ2) is 7.43. The molecule has 0 radical (unpaired) electrons. The van der Waals surface area contributed by atoms with E-state index in [-0.39, 0.29) is 23.7 Å². The fourth-order valence-electron chi connectivity index (χ4n) is 4.54. The molecule has 0 bridgehead atoms. The molecule has 27 heavy (non-hydrogen) atoms. The van der Waals surface area contributed by atoms with Crippen LogP contribution in [0.1, 0.15) is 51.0 Å². The van der Waals surface area contributed by atoms with Crippen molar-refractivity contribution in [1.82, 2.24) is 4.90 Å². The molecule has 4 nitrogen and oxygen atoms in total. The van der Waals surface area contributed by atoms with Gasteiger partial charge in [0.25, 0.3) is 0 Å². The summed E-state index contributed by atoms with van der Waals surface area (Å²) in [6, 6.07) is 9.98. The highest BCUT2D eigenvalue weighted by Crippen LogP contribution is 2.36. The van der Waals surface area contributed by atoms with E-state index in [9.17, 15) is 9.59 Å². The zero-order chi connectivity index (χ0) is 18.9. The number of likely N-dealkylation sites (tertiary alicyclic amines) is 1. The summed E-state index contributed by atoms with van der Waals surface area (Å²) >= 11 is 0. The summed E-state index contributed by atoms with van der Waals surface area (Å²) in [6.45, 7) is 4.33. The zero-order valence-corrected chi connectivity index (χ0v) is 16.0. The lowest BCUT2D eigenvalue weighted by Crippen LogP contribution is -2.48. The van der Waals surface area contributed by atoms with Crippen LogP contribution in [0.3, 0.4) is 0 Å². The van der Waals surface area contributed by atoms with E-state index in [2.05, 4.69) is 13.0 Å². The highest BCUT2D eigenvalue weighted by atomic mass is 16.5. The average Bonchev–Trinajstić information content (AvgIpc) is 3.03. The van der Waals surface area contributed by atoms with Gasteiger partial charge in [0.05, 0.1) is 18.6 Å². The first-order chi connectivity index (χ1) is 13.1. The first-order valence-electron chi connectivity index (χ1n) is 9.97. The van der Waals surface area contributed by atoms with Crippen LogP contribution in [-0.4, -0.2) is 41.9 Å². The molecule has 1 saturated heterocycles. The number of piperidine rings is 1. The number of amides is 1. The van der Waals surface area contributed by atoms with Crippen LogP contribution in [0, 0.1) is 0 Å². The molecule has 3 aliphatic rings. The first-order valence-corrected chi connectivity index (χ1v) is 9.97. The summed E-state index contributed by atoms with van der Waals surface area (Å²) in [4.78, 5) is 27.2. The number of benzene rings is 1. The molecule has 0 aromatic heterocycles. The fourth-order valence-corrected chi connectivity index (χ4v) is 4.54. The van der Waals surface area contributed by atoms with Gasteiger partial charge in [-0.2, -0.15) is 0 Å². The van der Waals surface area contributed by atoms with Crippen molar-refractivity contribution in [2.24, 2.45) is 0 Å². The Labute approximate surface area is 160 Å². The quantitative estimate of drug-likeness (QED) is 0.763. The average molecular weight is 365 g/mol. The topological polar surface area (TPSA) is 46.6 Å². The Morgan fingerprint density at radius 1 is 1.11 bits per heavy atom. The van der Waals surface area contributed by atoms with Gasteiger partial charge in [-0.3, -0.25) is 9.59 Å². The van der Waals surface area contributed by atoms with Crippen molar-refractivity contribution in [2.75, 3.05) is 19.7 Å². The van der Waals surface area contributed by atoms with Crippen LogP contribution in [0.2, 0.25) is 0 Å². The second-order valence-electron chi connectivity index (χ2n) is 7.96. The van der Waals surface area contributed by atoms with Crippen LogP contribution in [0.4, 0.5) is 0 Å². The van der Waals surface area contributed by atoms with E-state index in [1.54, 1.807) is 0 Å². The lowest BCUT2D eigenvalue weighted by Gasteiger charge is -2.42. The molecule has 1 aromatic rings. The summed E-state index contributed by atoms with van der Waals surface area (Å²) in [5, 5.41) is 0. The molecule has 1 aromatic carbocycles. The Kier molecular flexibility index (Phi) is 5.00. The van der Waals surface area contributed by atoms with Crippen LogP contribution < -0.4 is 0 Å².